The van der Waals surface area contributed by atoms with Crippen molar-refractivity contribution in [3.8, 4) is 11.1 Å². The number of nitrogens with one attached hydrogen (secondary N) is 1. The van der Waals surface area contributed by atoms with E-state index in [4.69, 9.17) is 0 Å². The standard InChI is InChI=1S/C27H33N7O4/c1-17-13-18(8-9-19(17)14-29-24(35)21-16-34(31-30-21)27(2,3)4)20-10-11-28-15-23(20)33-12-6-7-22(25(33)36)32(5)26(37)38/h8-11,13,15-16,22H,6-7,12,14H2,1-5H3,(H,29,35)(H,37,38). The van der Waals surface area contributed by atoms with E-state index in [9.17, 15) is 19.5 Å². The molecule has 1 aliphatic rings. The maximum atomic E-state index is 13.2. The summed E-state index contributed by atoms with van der Waals surface area (Å²) in [5, 5.41) is 20.3. The number of carbonyl (C=O) groups is 3. The number of benzene rings is 1. The molecule has 1 fully saturated rings. The van der Waals surface area contributed by atoms with Crippen molar-refractivity contribution in [1.29, 1.82) is 0 Å². The molecule has 3 amide bonds. The summed E-state index contributed by atoms with van der Waals surface area (Å²) >= 11 is 0. The summed E-state index contributed by atoms with van der Waals surface area (Å²) in [4.78, 5) is 44.3. The number of nitrogens with zero attached hydrogens (tertiary/aromatic N) is 6. The fourth-order valence-electron chi connectivity index (χ4n) is 4.46. The Balaban J connectivity index is 1.52. The second kappa shape index (κ2) is 10.6. The number of aromatic nitrogens is 4. The summed E-state index contributed by atoms with van der Waals surface area (Å²) in [6, 6.07) is 7.01. The van der Waals surface area contributed by atoms with Crippen LogP contribution in [-0.4, -0.2) is 67.5 Å². The third kappa shape index (κ3) is 5.51. The summed E-state index contributed by atoms with van der Waals surface area (Å²) < 4.78 is 1.66. The average Bonchev–Trinajstić information content (AvgIpc) is 3.39. The van der Waals surface area contributed by atoms with Gasteiger partial charge in [-0.25, -0.2) is 9.48 Å². The van der Waals surface area contributed by atoms with E-state index in [1.165, 1.54) is 7.05 Å². The minimum absolute atomic E-state index is 0.255. The SMILES string of the molecule is Cc1cc(-c2ccncc2N2CCCC(N(C)C(=O)O)C2=O)ccc1CNC(=O)c1cn(C(C)(C)C)nn1. The molecule has 1 aromatic carbocycles. The topological polar surface area (TPSA) is 134 Å². The van der Waals surface area contributed by atoms with Gasteiger partial charge in [0.1, 0.15) is 6.04 Å². The molecular weight excluding hydrogens is 486 g/mol. The van der Waals surface area contributed by atoms with Gasteiger partial charge in [0, 0.05) is 31.9 Å². The number of rotatable bonds is 6. The fourth-order valence-corrected chi connectivity index (χ4v) is 4.46. The van der Waals surface area contributed by atoms with Crippen LogP contribution < -0.4 is 10.2 Å². The Bertz CT molecular complexity index is 1360. The van der Waals surface area contributed by atoms with E-state index < -0.39 is 12.1 Å². The quantitative estimate of drug-likeness (QED) is 0.510. The van der Waals surface area contributed by atoms with Crippen LogP contribution in [0.4, 0.5) is 10.5 Å². The van der Waals surface area contributed by atoms with Gasteiger partial charge in [-0.1, -0.05) is 23.4 Å². The lowest BCUT2D eigenvalue weighted by atomic mass is 9.97. The molecule has 1 unspecified atom stereocenters. The van der Waals surface area contributed by atoms with Gasteiger partial charge < -0.3 is 15.3 Å². The van der Waals surface area contributed by atoms with Gasteiger partial charge in [-0.2, -0.15) is 0 Å². The number of aryl methyl sites for hydroxylation is 1. The first kappa shape index (κ1) is 26.8. The van der Waals surface area contributed by atoms with Crippen LogP contribution in [0.2, 0.25) is 0 Å². The largest absolute Gasteiger partial charge is 0.465 e. The van der Waals surface area contributed by atoms with E-state index in [1.54, 1.807) is 28.2 Å². The molecule has 0 spiro atoms. The summed E-state index contributed by atoms with van der Waals surface area (Å²) in [7, 11) is 1.42. The fraction of sp³-hybridized carbons (Fsp3) is 0.407. The molecule has 3 aromatic rings. The highest BCUT2D eigenvalue weighted by Gasteiger charge is 2.35. The van der Waals surface area contributed by atoms with E-state index in [0.717, 1.165) is 27.2 Å². The van der Waals surface area contributed by atoms with Gasteiger partial charge in [0.15, 0.2) is 5.69 Å². The second-order valence-electron chi connectivity index (χ2n) is 10.5. The average molecular weight is 520 g/mol. The van der Waals surface area contributed by atoms with Gasteiger partial charge >= 0.3 is 6.09 Å². The lowest BCUT2D eigenvalue weighted by Gasteiger charge is -2.36. The van der Waals surface area contributed by atoms with Crippen LogP contribution in [0, 0.1) is 6.92 Å². The Morgan fingerprint density at radius 3 is 2.66 bits per heavy atom. The molecule has 11 heteroatoms. The van der Waals surface area contributed by atoms with Crippen molar-refractivity contribution in [1.82, 2.24) is 30.2 Å². The van der Waals surface area contributed by atoms with Gasteiger partial charge in [-0.05, 0) is 63.3 Å². The number of hydrogen-bond donors (Lipinski definition) is 2. The number of piperidine rings is 1. The Kier molecular flexibility index (Phi) is 7.47. The predicted molar refractivity (Wildman–Crippen MR) is 142 cm³/mol. The number of likely N-dealkylation sites (N-methyl/N-ethyl adjacent to an activating group) is 1. The van der Waals surface area contributed by atoms with Crippen molar-refractivity contribution in [3.05, 3.63) is 59.7 Å². The molecule has 1 aliphatic heterocycles. The third-order valence-corrected chi connectivity index (χ3v) is 6.78. The highest BCUT2D eigenvalue weighted by molar-refractivity contribution is 6.02. The Morgan fingerprint density at radius 1 is 1.24 bits per heavy atom. The summed E-state index contributed by atoms with van der Waals surface area (Å²) in [6.07, 6.45) is 4.99. The molecule has 0 radical (unpaired) electrons. The summed E-state index contributed by atoms with van der Waals surface area (Å²) in [5.74, 6) is -0.556. The van der Waals surface area contributed by atoms with Crippen molar-refractivity contribution in [2.75, 3.05) is 18.5 Å². The van der Waals surface area contributed by atoms with Crippen LogP contribution in [0.15, 0.2) is 42.9 Å². The first-order valence-electron chi connectivity index (χ1n) is 12.5. The monoisotopic (exact) mass is 519 g/mol. The van der Waals surface area contributed by atoms with Crippen molar-refractivity contribution >= 4 is 23.6 Å². The van der Waals surface area contributed by atoms with Crippen molar-refractivity contribution in [2.24, 2.45) is 0 Å². The molecule has 0 bridgehead atoms. The van der Waals surface area contributed by atoms with Crippen LogP contribution in [-0.2, 0) is 16.9 Å². The molecule has 1 atom stereocenters. The molecule has 11 nitrogen and oxygen atoms in total. The second-order valence-corrected chi connectivity index (χ2v) is 10.5. The lowest BCUT2D eigenvalue weighted by Crippen LogP contribution is -2.52. The molecule has 200 valence electrons. The van der Waals surface area contributed by atoms with Crippen molar-refractivity contribution in [3.63, 3.8) is 0 Å². The van der Waals surface area contributed by atoms with Crippen molar-refractivity contribution < 1.29 is 19.5 Å². The maximum Gasteiger partial charge on any atom is 0.407 e. The van der Waals surface area contributed by atoms with E-state index in [-0.39, 0.29) is 23.0 Å². The Labute approximate surface area is 221 Å². The first-order valence-corrected chi connectivity index (χ1v) is 12.5. The summed E-state index contributed by atoms with van der Waals surface area (Å²) in [6.45, 7) is 8.73. The maximum absolute atomic E-state index is 13.2. The zero-order valence-electron chi connectivity index (χ0n) is 22.3. The molecule has 2 N–H and O–H groups in total. The molecule has 0 saturated carbocycles. The number of carbonyl (C=O) groups excluding carboxylic acids is 2. The molecule has 2 aromatic heterocycles. The minimum Gasteiger partial charge on any atom is -0.465 e. The van der Waals surface area contributed by atoms with Gasteiger partial charge in [-0.3, -0.25) is 19.5 Å². The highest BCUT2D eigenvalue weighted by Crippen LogP contribution is 2.34. The number of anilines is 1. The number of hydrogen-bond acceptors (Lipinski definition) is 6. The minimum atomic E-state index is -1.13. The zero-order chi connectivity index (χ0) is 27.6. The number of carboxylic acid groups (broad SMARTS) is 1. The number of amides is 3. The van der Waals surface area contributed by atoms with Crippen LogP contribution in [0.1, 0.15) is 55.2 Å². The van der Waals surface area contributed by atoms with Gasteiger partial charge in [-0.15, -0.1) is 5.10 Å². The van der Waals surface area contributed by atoms with E-state index >= 15 is 0 Å². The Hall–Kier alpha value is -4.28. The van der Waals surface area contributed by atoms with E-state index in [2.05, 4.69) is 20.6 Å². The number of pyridine rings is 1. The third-order valence-electron chi connectivity index (χ3n) is 6.78. The summed E-state index contributed by atoms with van der Waals surface area (Å²) in [5.41, 5.74) is 4.26. The van der Waals surface area contributed by atoms with E-state index in [1.807, 2.05) is 52.0 Å². The first-order chi connectivity index (χ1) is 18.0. The normalized spacial score (nSPS) is 15.9. The smallest absolute Gasteiger partial charge is 0.407 e. The predicted octanol–water partition coefficient (Wildman–Crippen LogP) is 3.44. The van der Waals surface area contributed by atoms with Crippen LogP contribution in [0.5, 0.6) is 0 Å². The van der Waals surface area contributed by atoms with Crippen molar-refractivity contribution in [2.45, 2.75) is 58.7 Å². The van der Waals surface area contributed by atoms with Crippen LogP contribution in [0.25, 0.3) is 11.1 Å². The van der Waals surface area contributed by atoms with Gasteiger partial charge in [0.05, 0.1) is 23.6 Å². The molecule has 3 heterocycles. The Morgan fingerprint density at radius 2 is 2.00 bits per heavy atom. The molecular formula is C27H33N7O4. The van der Waals surface area contributed by atoms with E-state index in [0.29, 0.717) is 31.6 Å². The molecule has 0 aliphatic carbocycles. The molecule has 38 heavy (non-hydrogen) atoms. The zero-order valence-corrected chi connectivity index (χ0v) is 22.3. The molecule has 1 saturated heterocycles. The van der Waals surface area contributed by atoms with Crippen LogP contribution in [0.3, 0.4) is 0 Å². The lowest BCUT2D eigenvalue weighted by molar-refractivity contribution is -0.124. The highest BCUT2D eigenvalue weighted by atomic mass is 16.4. The van der Waals surface area contributed by atoms with Gasteiger partial charge in [0.25, 0.3) is 5.91 Å². The molecule has 4 rings (SSSR count). The van der Waals surface area contributed by atoms with Gasteiger partial charge in [0.2, 0.25) is 5.91 Å². The van der Waals surface area contributed by atoms with Crippen LogP contribution >= 0.6 is 0 Å².